The number of carbonyl (C=O) groups is 1. The van der Waals surface area contributed by atoms with Crippen LogP contribution in [0.5, 0.6) is 0 Å². The Morgan fingerprint density at radius 2 is 2.36 bits per heavy atom. The second-order valence-corrected chi connectivity index (χ2v) is 3.47. The van der Waals surface area contributed by atoms with Crippen molar-refractivity contribution in [3.63, 3.8) is 0 Å². The van der Waals surface area contributed by atoms with Crippen LogP contribution in [0, 0.1) is 0 Å². The van der Waals surface area contributed by atoms with Crippen molar-refractivity contribution in [2.24, 2.45) is 0 Å². The minimum absolute atomic E-state index is 0.0739. The van der Waals surface area contributed by atoms with Gasteiger partial charge < -0.3 is 10.2 Å². The van der Waals surface area contributed by atoms with Crippen LogP contribution in [-0.2, 0) is 6.54 Å². The molecule has 1 heterocycles. The maximum absolute atomic E-state index is 11.3. The van der Waals surface area contributed by atoms with Gasteiger partial charge in [0, 0.05) is 32.5 Å². The molecule has 1 aromatic rings. The van der Waals surface area contributed by atoms with E-state index in [9.17, 15) is 4.79 Å². The summed E-state index contributed by atoms with van der Waals surface area (Å²) in [7, 11) is 3.44. The number of nitrogens with zero attached hydrogens (tertiary/aromatic N) is 3. The van der Waals surface area contributed by atoms with Crippen LogP contribution in [0.1, 0.15) is 6.92 Å². The normalized spacial score (nSPS) is 12.2. The third-order valence-corrected chi connectivity index (χ3v) is 1.80. The Hall–Kier alpha value is -1.52. The Labute approximate surface area is 83.7 Å². The first-order valence-electron chi connectivity index (χ1n) is 4.55. The van der Waals surface area contributed by atoms with Gasteiger partial charge in [-0.05, 0) is 13.0 Å². The SMILES string of the molecule is CC(Cn1cccn1)NC(=O)N(C)C. The van der Waals surface area contributed by atoms with E-state index in [1.165, 1.54) is 4.90 Å². The topological polar surface area (TPSA) is 50.2 Å². The van der Waals surface area contributed by atoms with Crippen LogP contribution in [0.4, 0.5) is 4.79 Å². The molecular weight excluding hydrogens is 180 g/mol. The molecule has 1 rings (SSSR count). The fourth-order valence-electron chi connectivity index (χ4n) is 1.07. The Kier molecular flexibility index (Phi) is 3.50. The van der Waals surface area contributed by atoms with E-state index in [0.29, 0.717) is 6.54 Å². The predicted molar refractivity (Wildman–Crippen MR) is 53.9 cm³/mol. The molecule has 5 heteroatoms. The zero-order valence-corrected chi connectivity index (χ0v) is 8.77. The molecule has 0 aliphatic rings. The molecule has 1 N–H and O–H groups in total. The van der Waals surface area contributed by atoms with Crippen molar-refractivity contribution in [2.75, 3.05) is 14.1 Å². The average Bonchev–Trinajstić information content (AvgIpc) is 2.56. The number of nitrogens with one attached hydrogen (secondary N) is 1. The fraction of sp³-hybridized carbons (Fsp3) is 0.556. The molecule has 1 aromatic heterocycles. The Morgan fingerprint density at radius 3 is 2.86 bits per heavy atom. The summed E-state index contributed by atoms with van der Waals surface area (Å²) in [6.45, 7) is 2.63. The van der Waals surface area contributed by atoms with E-state index in [-0.39, 0.29) is 12.1 Å². The number of hydrogen-bond acceptors (Lipinski definition) is 2. The molecule has 0 bridgehead atoms. The van der Waals surface area contributed by atoms with Crippen molar-refractivity contribution >= 4 is 6.03 Å². The second-order valence-electron chi connectivity index (χ2n) is 3.47. The van der Waals surface area contributed by atoms with Gasteiger partial charge >= 0.3 is 6.03 Å². The van der Waals surface area contributed by atoms with Crippen LogP contribution in [0.2, 0.25) is 0 Å². The van der Waals surface area contributed by atoms with Crippen molar-refractivity contribution in [1.82, 2.24) is 20.0 Å². The number of hydrogen-bond donors (Lipinski definition) is 1. The van der Waals surface area contributed by atoms with Gasteiger partial charge in [0.25, 0.3) is 0 Å². The van der Waals surface area contributed by atoms with Gasteiger partial charge in [-0.3, -0.25) is 4.68 Å². The van der Waals surface area contributed by atoms with Crippen molar-refractivity contribution in [1.29, 1.82) is 0 Å². The highest BCUT2D eigenvalue weighted by molar-refractivity contribution is 5.73. The van der Waals surface area contributed by atoms with Gasteiger partial charge in [0.1, 0.15) is 0 Å². The molecule has 0 saturated heterocycles. The number of aromatic nitrogens is 2. The van der Waals surface area contributed by atoms with Gasteiger partial charge in [0.2, 0.25) is 0 Å². The zero-order chi connectivity index (χ0) is 10.6. The van der Waals surface area contributed by atoms with Gasteiger partial charge in [-0.1, -0.05) is 0 Å². The molecular formula is C9H16N4O. The number of carbonyl (C=O) groups excluding carboxylic acids is 1. The highest BCUT2D eigenvalue weighted by atomic mass is 16.2. The lowest BCUT2D eigenvalue weighted by Crippen LogP contribution is -2.41. The summed E-state index contributed by atoms with van der Waals surface area (Å²) in [5.41, 5.74) is 0. The zero-order valence-electron chi connectivity index (χ0n) is 8.77. The number of amides is 2. The highest BCUT2D eigenvalue weighted by Gasteiger charge is 2.08. The smallest absolute Gasteiger partial charge is 0.317 e. The molecule has 1 atom stereocenters. The summed E-state index contributed by atoms with van der Waals surface area (Å²) in [6.07, 6.45) is 3.60. The average molecular weight is 196 g/mol. The van der Waals surface area contributed by atoms with Crippen LogP contribution >= 0.6 is 0 Å². The molecule has 0 saturated carbocycles. The van der Waals surface area contributed by atoms with E-state index in [4.69, 9.17) is 0 Å². The van der Waals surface area contributed by atoms with E-state index >= 15 is 0 Å². The van der Waals surface area contributed by atoms with Crippen LogP contribution in [-0.4, -0.2) is 40.8 Å². The van der Waals surface area contributed by atoms with Crippen molar-refractivity contribution in [3.05, 3.63) is 18.5 Å². The summed E-state index contributed by atoms with van der Waals surface area (Å²) in [4.78, 5) is 12.8. The summed E-state index contributed by atoms with van der Waals surface area (Å²) in [5.74, 6) is 0. The third kappa shape index (κ3) is 3.08. The van der Waals surface area contributed by atoms with Crippen LogP contribution in [0.25, 0.3) is 0 Å². The molecule has 1 unspecified atom stereocenters. The maximum atomic E-state index is 11.3. The molecule has 78 valence electrons. The summed E-state index contributed by atoms with van der Waals surface area (Å²) < 4.78 is 1.79. The molecule has 0 radical (unpaired) electrons. The Morgan fingerprint density at radius 1 is 1.64 bits per heavy atom. The monoisotopic (exact) mass is 196 g/mol. The van der Waals surface area contributed by atoms with Gasteiger partial charge in [-0.25, -0.2) is 4.79 Å². The van der Waals surface area contributed by atoms with Gasteiger partial charge in [0.05, 0.1) is 6.54 Å². The highest BCUT2D eigenvalue weighted by Crippen LogP contribution is 1.91. The predicted octanol–water partition coefficient (Wildman–Crippen LogP) is 0.543. The van der Waals surface area contributed by atoms with Gasteiger partial charge in [-0.2, -0.15) is 5.10 Å². The molecule has 0 aromatic carbocycles. The van der Waals surface area contributed by atoms with E-state index in [2.05, 4.69) is 10.4 Å². The minimum atomic E-state index is -0.0790. The first-order valence-corrected chi connectivity index (χ1v) is 4.55. The van der Waals surface area contributed by atoms with E-state index < -0.39 is 0 Å². The maximum Gasteiger partial charge on any atom is 0.317 e. The molecule has 2 amide bonds. The number of rotatable bonds is 3. The lowest BCUT2D eigenvalue weighted by molar-refractivity contribution is 0.212. The largest absolute Gasteiger partial charge is 0.334 e. The molecule has 14 heavy (non-hydrogen) atoms. The van der Waals surface area contributed by atoms with Crippen molar-refractivity contribution in [3.8, 4) is 0 Å². The Bertz CT molecular complexity index is 281. The first kappa shape index (κ1) is 10.6. The lowest BCUT2D eigenvalue weighted by atomic mass is 10.3. The standard InChI is InChI=1S/C9H16N4O/c1-8(11-9(14)12(2)3)7-13-6-4-5-10-13/h4-6,8H,7H2,1-3H3,(H,11,14). The Balaban J connectivity index is 2.36. The van der Waals surface area contributed by atoms with E-state index in [1.807, 2.05) is 19.2 Å². The van der Waals surface area contributed by atoms with Crippen molar-refractivity contribution in [2.45, 2.75) is 19.5 Å². The summed E-state index contributed by atoms with van der Waals surface area (Å²) in [6, 6.07) is 1.86. The minimum Gasteiger partial charge on any atom is -0.334 e. The third-order valence-electron chi connectivity index (χ3n) is 1.80. The van der Waals surface area contributed by atoms with Crippen LogP contribution < -0.4 is 5.32 Å². The quantitative estimate of drug-likeness (QED) is 0.767. The molecule has 5 nitrogen and oxygen atoms in total. The molecule has 0 fully saturated rings. The van der Waals surface area contributed by atoms with E-state index in [1.54, 1.807) is 25.0 Å². The van der Waals surface area contributed by atoms with Crippen molar-refractivity contribution < 1.29 is 4.79 Å². The second kappa shape index (κ2) is 4.64. The van der Waals surface area contributed by atoms with E-state index in [0.717, 1.165) is 0 Å². The van der Waals surface area contributed by atoms with Crippen LogP contribution in [0.15, 0.2) is 18.5 Å². The van der Waals surface area contributed by atoms with Crippen LogP contribution in [0.3, 0.4) is 0 Å². The molecule has 0 spiro atoms. The molecule has 0 aliphatic carbocycles. The first-order chi connectivity index (χ1) is 6.59. The number of urea groups is 1. The summed E-state index contributed by atoms with van der Waals surface area (Å²) in [5, 5.41) is 6.90. The van der Waals surface area contributed by atoms with Gasteiger partial charge in [-0.15, -0.1) is 0 Å². The fourth-order valence-corrected chi connectivity index (χ4v) is 1.07. The molecule has 0 aliphatic heterocycles. The summed E-state index contributed by atoms with van der Waals surface area (Å²) >= 11 is 0. The lowest BCUT2D eigenvalue weighted by Gasteiger charge is -2.17. The van der Waals surface area contributed by atoms with Gasteiger partial charge in [0.15, 0.2) is 0 Å².